The van der Waals surface area contributed by atoms with Crippen molar-refractivity contribution in [2.24, 2.45) is 11.8 Å². The Labute approximate surface area is 106 Å². The number of nitriles is 1. The van der Waals surface area contributed by atoms with Crippen LogP contribution in [0.2, 0.25) is 0 Å². The number of hydrogen-bond acceptors (Lipinski definition) is 3. The van der Waals surface area contributed by atoms with Crippen LogP contribution in [0.3, 0.4) is 0 Å². The zero-order valence-electron chi connectivity index (χ0n) is 11.6. The molecule has 3 nitrogen and oxygen atoms in total. The van der Waals surface area contributed by atoms with E-state index in [0.717, 1.165) is 32.3 Å². The number of nitrogens with one attached hydrogen (secondary N) is 1. The second-order valence-corrected chi connectivity index (χ2v) is 5.53. The predicted molar refractivity (Wildman–Crippen MR) is 69.6 cm³/mol. The van der Waals surface area contributed by atoms with Crippen molar-refractivity contribution in [3.05, 3.63) is 0 Å². The molecule has 3 unspecified atom stereocenters. The summed E-state index contributed by atoms with van der Waals surface area (Å²) in [6, 6.07) is 2.47. The molecule has 1 N–H and O–H groups in total. The molecule has 0 aromatic rings. The van der Waals surface area contributed by atoms with Crippen LogP contribution in [0, 0.1) is 23.2 Å². The smallest absolute Gasteiger partial charge is 0.109 e. The molecule has 0 saturated heterocycles. The summed E-state index contributed by atoms with van der Waals surface area (Å²) in [6.45, 7) is 7.24. The van der Waals surface area contributed by atoms with E-state index < -0.39 is 0 Å². The Kier molecular flexibility index (Phi) is 5.42. The van der Waals surface area contributed by atoms with E-state index in [2.05, 4.69) is 32.2 Å². The Balaban J connectivity index is 2.39. The minimum Gasteiger partial charge on any atom is -0.378 e. The van der Waals surface area contributed by atoms with Gasteiger partial charge in [0.05, 0.1) is 12.2 Å². The molecule has 3 heteroatoms. The molecule has 1 aliphatic rings. The molecule has 0 spiro atoms. The zero-order chi connectivity index (χ0) is 12.9. The van der Waals surface area contributed by atoms with Crippen molar-refractivity contribution in [1.82, 2.24) is 5.32 Å². The molecule has 3 atom stereocenters. The van der Waals surface area contributed by atoms with E-state index in [1.54, 1.807) is 0 Å². The summed E-state index contributed by atoms with van der Waals surface area (Å²) in [4.78, 5) is 0. The number of rotatable bonds is 6. The van der Waals surface area contributed by atoms with Gasteiger partial charge in [-0.15, -0.1) is 0 Å². The molecule has 98 valence electrons. The first-order valence-corrected chi connectivity index (χ1v) is 6.77. The fourth-order valence-electron chi connectivity index (χ4n) is 2.59. The standard InChI is InChI=1S/C14H26N2O/c1-11(2)12(3)17-9-7-13-6-5-8-14(13,10-15)16-4/h11-13,16H,5-9H2,1-4H3. The van der Waals surface area contributed by atoms with Crippen molar-refractivity contribution >= 4 is 0 Å². The zero-order valence-corrected chi connectivity index (χ0v) is 11.6. The summed E-state index contributed by atoms with van der Waals surface area (Å²) in [5, 5.41) is 12.6. The third-order valence-electron chi connectivity index (χ3n) is 4.25. The maximum atomic E-state index is 9.33. The fraction of sp³-hybridized carbons (Fsp3) is 0.929. The van der Waals surface area contributed by atoms with Gasteiger partial charge >= 0.3 is 0 Å². The van der Waals surface area contributed by atoms with Gasteiger partial charge in [0.25, 0.3) is 0 Å². The third kappa shape index (κ3) is 3.43. The maximum absolute atomic E-state index is 9.33. The molecule has 1 aliphatic carbocycles. The van der Waals surface area contributed by atoms with Gasteiger partial charge in [-0.2, -0.15) is 5.26 Å². The minimum absolute atomic E-state index is 0.301. The van der Waals surface area contributed by atoms with Gasteiger partial charge in [-0.1, -0.05) is 20.3 Å². The Morgan fingerprint density at radius 2 is 2.18 bits per heavy atom. The van der Waals surface area contributed by atoms with E-state index in [-0.39, 0.29) is 5.54 Å². The number of hydrogen-bond donors (Lipinski definition) is 1. The number of ether oxygens (including phenoxy) is 1. The Morgan fingerprint density at radius 1 is 1.47 bits per heavy atom. The molecule has 17 heavy (non-hydrogen) atoms. The monoisotopic (exact) mass is 238 g/mol. The topological polar surface area (TPSA) is 45.0 Å². The van der Waals surface area contributed by atoms with E-state index in [0.29, 0.717) is 17.9 Å². The molecule has 0 aliphatic heterocycles. The van der Waals surface area contributed by atoms with Gasteiger partial charge in [-0.05, 0) is 45.1 Å². The van der Waals surface area contributed by atoms with Crippen molar-refractivity contribution in [2.45, 2.75) is 58.1 Å². The first kappa shape index (κ1) is 14.5. The van der Waals surface area contributed by atoms with E-state index >= 15 is 0 Å². The second-order valence-electron chi connectivity index (χ2n) is 5.53. The third-order valence-corrected chi connectivity index (χ3v) is 4.25. The first-order chi connectivity index (χ1) is 8.05. The molecule has 0 aromatic carbocycles. The van der Waals surface area contributed by atoms with E-state index in [4.69, 9.17) is 4.74 Å². The van der Waals surface area contributed by atoms with Crippen LogP contribution in [-0.2, 0) is 4.74 Å². The van der Waals surface area contributed by atoms with E-state index in [1.807, 2.05) is 7.05 Å². The maximum Gasteiger partial charge on any atom is 0.109 e. The summed E-state index contributed by atoms with van der Waals surface area (Å²) in [7, 11) is 1.90. The molecule has 0 aromatic heterocycles. The van der Waals surface area contributed by atoms with E-state index in [9.17, 15) is 5.26 Å². The first-order valence-electron chi connectivity index (χ1n) is 6.77. The summed E-state index contributed by atoms with van der Waals surface area (Å²) in [5.41, 5.74) is -0.301. The van der Waals surface area contributed by atoms with Gasteiger partial charge in [-0.3, -0.25) is 0 Å². The van der Waals surface area contributed by atoms with Crippen molar-refractivity contribution in [3.63, 3.8) is 0 Å². The van der Waals surface area contributed by atoms with Crippen molar-refractivity contribution in [2.75, 3.05) is 13.7 Å². The molecule has 0 bridgehead atoms. The molecular formula is C14H26N2O. The molecule has 0 amide bonds. The van der Waals surface area contributed by atoms with Gasteiger partial charge in [0.1, 0.15) is 5.54 Å². The normalized spacial score (nSPS) is 30.5. The molecule has 1 saturated carbocycles. The van der Waals surface area contributed by atoms with Crippen LogP contribution in [0.4, 0.5) is 0 Å². The summed E-state index contributed by atoms with van der Waals surface area (Å²) >= 11 is 0. The summed E-state index contributed by atoms with van der Waals surface area (Å²) in [6.07, 6.45) is 4.57. The van der Waals surface area contributed by atoms with Crippen LogP contribution in [-0.4, -0.2) is 25.3 Å². The highest BCUT2D eigenvalue weighted by atomic mass is 16.5. The van der Waals surface area contributed by atoms with Crippen LogP contribution in [0.25, 0.3) is 0 Å². The fourth-order valence-corrected chi connectivity index (χ4v) is 2.59. The van der Waals surface area contributed by atoms with Crippen LogP contribution < -0.4 is 5.32 Å². The minimum atomic E-state index is -0.301. The molecule has 0 radical (unpaired) electrons. The van der Waals surface area contributed by atoms with Crippen molar-refractivity contribution < 1.29 is 4.74 Å². The Bertz CT molecular complexity index is 272. The van der Waals surface area contributed by atoms with Gasteiger partial charge in [0, 0.05) is 6.61 Å². The van der Waals surface area contributed by atoms with Crippen LogP contribution >= 0.6 is 0 Å². The Morgan fingerprint density at radius 3 is 2.71 bits per heavy atom. The average molecular weight is 238 g/mol. The van der Waals surface area contributed by atoms with Crippen LogP contribution in [0.5, 0.6) is 0 Å². The van der Waals surface area contributed by atoms with Crippen LogP contribution in [0.15, 0.2) is 0 Å². The van der Waals surface area contributed by atoms with Gasteiger partial charge in [0.2, 0.25) is 0 Å². The highest BCUT2D eigenvalue weighted by molar-refractivity contribution is 5.13. The highest BCUT2D eigenvalue weighted by Gasteiger charge is 2.41. The lowest BCUT2D eigenvalue weighted by Crippen LogP contribution is -2.45. The molecular weight excluding hydrogens is 212 g/mol. The lowest BCUT2D eigenvalue weighted by Gasteiger charge is -2.28. The summed E-state index contributed by atoms with van der Waals surface area (Å²) in [5.74, 6) is 1.00. The molecule has 1 rings (SSSR count). The van der Waals surface area contributed by atoms with Crippen molar-refractivity contribution in [3.8, 4) is 6.07 Å². The van der Waals surface area contributed by atoms with Crippen molar-refractivity contribution in [1.29, 1.82) is 5.26 Å². The largest absolute Gasteiger partial charge is 0.378 e. The molecule has 1 fully saturated rings. The van der Waals surface area contributed by atoms with Crippen LogP contribution in [0.1, 0.15) is 46.5 Å². The quantitative estimate of drug-likeness (QED) is 0.774. The summed E-state index contributed by atoms with van der Waals surface area (Å²) < 4.78 is 5.81. The lowest BCUT2D eigenvalue weighted by atomic mass is 9.86. The van der Waals surface area contributed by atoms with Gasteiger partial charge in [-0.25, -0.2) is 0 Å². The lowest BCUT2D eigenvalue weighted by molar-refractivity contribution is 0.0248. The Hall–Kier alpha value is -0.590. The van der Waals surface area contributed by atoms with Gasteiger partial charge < -0.3 is 10.1 Å². The highest BCUT2D eigenvalue weighted by Crippen LogP contribution is 2.37. The van der Waals surface area contributed by atoms with Gasteiger partial charge in [0.15, 0.2) is 0 Å². The second kappa shape index (κ2) is 6.37. The SMILES string of the molecule is CNC1(C#N)CCCC1CCOC(C)C(C)C. The number of nitrogens with zero attached hydrogens (tertiary/aromatic N) is 1. The average Bonchev–Trinajstić information content (AvgIpc) is 2.72. The molecule has 0 heterocycles. The predicted octanol–water partition coefficient (Wildman–Crippen LogP) is 2.72. The van der Waals surface area contributed by atoms with E-state index in [1.165, 1.54) is 0 Å².